The van der Waals surface area contributed by atoms with Crippen LogP contribution in [-0.4, -0.2) is 30.8 Å². The Labute approximate surface area is 113 Å². The van der Waals surface area contributed by atoms with Crippen LogP contribution >= 0.6 is 11.3 Å². The maximum Gasteiger partial charge on any atom is 0.389 e. The number of aromatic nitrogens is 1. The van der Waals surface area contributed by atoms with Crippen molar-refractivity contribution in [3.63, 3.8) is 0 Å². The Balaban J connectivity index is 2.25. The lowest BCUT2D eigenvalue weighted by Gasteiger charge is -2.05. The number of alkyl halides is 3. The monoisotopic (exact) mass is 296 g/mol. The quantitative estimate of drug-likeness (QED) is 0.621. The van der Waals surface area contributed by atoms with Gasteiger partial charge in [-0.05, 0) is 6.42 Å². The molecule has 1 heterocycles. The number of aryl methyl sites for hydroxylation is 1. The topological polar surface area (TPSA) is 51.2 Å². The number of esters is 1. The van der Waals surface area contributed by atoms with Crippen molar-refractivity contribution in [3.05, 3.63) is 11.1 Å². The Hall–Kier alpha value is -1.31. The Morgan fingerprint density at radius 2 is 2.26 bits per heavy atom. The number of carbonyl (C=O) groups is 1. The molecule has 8 heteroatoms. The number of carbonyl (C=O) groups excluding carboxylic acids is 1. The molecule has 4 nitrogen and oxygen atoms in total. The number of halogens is 3. The second-order valence-electron chi connectivity index (χ2n) is 3.87. The molecule has 0 radical (unpaired) electrons. The normalized spacial score (nSPS) is 11.4. The van der Waals surface area contributed by atoms with Crippen LogP contribution in [0.2, 0.25) is 0 Å². The molecule has 19 heavy (non-hydrogen) atoms. The van der Waals surface area contributed by atoms with Crippen LogP contribution in [-0.2, 0) is 16.0 Å². The minimum absolute atomic E-state index is 0.0145. The van der Waals surface area contributed by atoms with Gasteiger partial charge in [-0.1, -0.05) is 0 Å². The number of methoxy groups -OCH3 is 1. The van der Waals surface area contributed by atoms with E-state index in [4.69, 9.17) is 0 Å². The van der Waals surface area contributed by atoms with Gasteiger partial charge in [0.1, 0.15) is 0 Å². The molecule has 0 aliphatic carbocycles. The highest BCUT2D eigenvalue weighted by atomic mass is 32.1. The molecule has 0 aliphatic heterocycles. The van der Waals surface area contributed by atoms with E-state index in [1.54, 1.807) is 5.38 Å². The van der Waals surface area contributed by atoms with Crippen LogP contribution in [0.4, 0.5) is 18.3 Å². The molecular formula is C11H15F3N2O2S. The molecule has 1 aromatic rings. The summed E-state index contributed by atoms with van der Waals surface area (Å²) in [5.74, 6) is -0.312. The molecule has 1 aromatic heterocycles. The van der Waals surface area contributed by atoms with Crippen molar-refractivity contribution in [2.45, 2.75) is 31.9 Å². The summed E-state index contributed by atoms with van der Waals surface area (Å²) in [6, 6.07) is 0. The number of rotatable bonds is 7. The van der Waals surface area contributed by atoms with Crippen LogP contribution in [0.3, 0.4) is 0 Å². The number of nitrogens with one attached hydrogen (secondary N) is 1. The average Bonchev–Trinajstić information content (AvgIpc) is 2.78. The second kappa shape index (κ2) is 7.32. The zero-order valence-corrected chi connectivity index (χ0v) is 11.2. The molecule has 0 amide bonds. The highest BCUT2D eigenvalue weighted by Gasteiger charge is 2.25. The van der Waals surface area contributed by atoms with Crippen molar-refractivity contribution >= 4 is 22.4 Å². The number of ether oxygens (including phenoxy) is 1. The van der Waals surface area contributed by atoms with Gasteiger partial charge in [-0.15, -0.1) is 11.3 Å². The molecule has 0 unspecified atom stereocenters. The first-order valence-corrected chi connectivity index (χ1v) is 6.60. The van der Waals surface area contributed by atoms with E-state index in [1.807, 2.05) is 0 Å². The van der Waals surface area contributed by atoms with E-state index in [-0.39, 0.29) is 25.4 Å². The van der Waals surface area contributed by atoms with E-state index in [0.29, 0.717) is 11.6 Å². The van der Waals surface area contributed by atoms with Crippen LogP contribution in [0.1, 0.15) is 25.0 Å². The molecule has 1 rings (SSSR count). The van der Waals surface area contributed by atoms with E-state index in [0.717, 1.165) is 5.69 Å². The summed E-state index contributed by atoms with van der Waals surface area (Å²) < 4.78 is 40.2. The lowest BCUT2D eigenvalue weighted by atomic mass is 10.2. The van der Waals surface area contributed by atoms with Crippen molar-refractivity contribution in [1.29, 1.82) is 0 Å². The fraction of sp³-hybridized carbons (Fsp3) is 0.636. The maximum atomic E-state index is 11.9. The van der Waals surface area contributed by atoms with Gasteiger partial charge in [-0.3, -0.25) is 4.79 Å². The Morgan fingerprint density at radius 3 is 2.89 bits per heavy atom. The highest BCUT2D eigenvalue weighted by Crippen LogP contribution is 2.22. The molecule has 0 aromatic carbocycles. The minimum Gasteiger partial charge on any atom is -0.469 e. The van der Waals surface area contributed by atoms with Gasteiger partial charge in [0, 0.05) is 24.8 Å². The molecule has 0 saturated heterocycles. The standard InChI is InChI=1S/C11H15F3N2O2S/c1-18-9(17)4-3-8-7-19-10(16-8)15-6-2-5-11(12,13)14/h7H,2-6H2,1H3,(H,15,16). The predicted octanol–water partition coefficient (Wildman–Crippen LogP) is 3.00. The summed E-state index contributed by atoms with van der Waals surface area (Å²) in [5.41, 5.74) is 0.730. The minimum atomic E-state index is -4.11. The average molecular weight is 296 g/mol. The second-order valence-corrected chi connectivity index (χ2v) is 4.72. The van der Waals surface area contributed by atoms with Gasteiger partial charge in [-0.2, -0.15) is 13.2 Å². The summed E-state index contributed by atoms with van der Waals surface area (Å²) in [6.45, 7) is 0.226. The molecule has 0 spiro atoms. The number of hydrogen-bond donors (Lipinski definition) is 1. The van der Waals surface area contributed by atoms with E-state index >= 15 is 0 Å². The fourth-order valence-corrected chi connectivity index (χ4v) is 2.09. The smallest absolute Gasteiger partial charge is 0.389 e. The van der Waals surface area contributed by atoms with Gasteiger partial charge < -0.3 is 10.1 Å². The lowest BCUT2D eigenvalue weighted by molar-refractivity contribution is -0.140. The number of nitrogens with zero attached hydrogens (tertiary/aromatic N) is 1. The Morgan fingerprint density at radius 1 is 1.53 bits per heavy atom. The van der Waals surface area contributed by atoms with Crippen molar-refractivity contribution < 1.29 is 22.7 Å². The van der Waals surface area contributed by atoms with Gasteiger partial charge in [0.2, 0.25) is 0 Å². The summed E-state index contributed by atoms with van der Waals surface area (Å²) in [7, 11) is 1.32. The fourth-order valence-electron chi connectivity index (χ4n) is 1.32. The van der Waals surface area contributed by atoms with Gasteiger partial charge in [0.25, 0.3) is 0 Å². The third-order valence-corrected chi connectivity index (χ3v) is 3.13. The number of thiazole rings is 1. The van der Waals surface area contributed by atoms with Crippen LogP contribution in [0, 0.1) is 0 Å². The van der Waals surface area contributed by atoms with Crippen molar-refractivity contribution in [1.82, 2.24) is 4.98 Å². The largest absolute Gasteiger partial charge is 0.469 e. The van der Waals surface area contributed by atoms with Crippen molar-refractivity contribution in [2.24, 2.45) is 0 Å². The molecule has 0 fully saturated rings. The van der Waals surface area contributed by atoms with Gasteiger partial charge in [0.15, 0.2) is 5.13 Å². The summed E-state index contributed by atoms with van der Waals surface area (Å²) in [6.07, 6.45) is -4.20. The van der Waals surface area contributed by atoms with Gasteiger partial charge in [0.05, 0.1) is 19.2 Å². The molecule has 0 bridgehead atoms. The first-order chi connectivity index (χ1) is 8.90. The molecule has 0 atom stereocenters. The highest BCUT2D eigenvalue weighted by molar-refractivity contribution is 7.13. The summed E-state index contributed by atoms with van der Waals surface area (Å²) >= 11 is 1.31. The first-order valence-electron chi connectivity index (χ1n) is 5.72. The van der Waals surface area contributed by atoms with Crippen LogP contribution < -0.4 is 5.32 Å². The zero-order chi connectivity index (χ0) is 14.3. The van der Waals surface area contributed by atoms with E-state index in [9.17, 15) is 18.0 Å². The van der Waals surface area contributed by atoms with Crippen LogP contribution in [0.5, 0.6) is 0 Å². The molecule has 0 aliphatic rings. The molecule has 108 valence electrons. The van der Waals surface area contributed by atoms with Crippen LogP contribution in [0.25, 0.3) is 0 Å². The van der Waals surface area contributed by atoms with E-state index in [2.05, 4.69) is 15.0 Å². The lowest BCUT2D eigenvalue weighted by Crippen LogP contribution is -2.10. The van der Waals surface area contributed by atoms with Crippen molar-refractivity contribution in [2.75, 3.05) is 19.0 Å². The maximum absolute atomic E-state index is 11.9. The van der Waals surface area contributed by atoms with Crippen LogP contribution in [0.15, 0.2) is 5.38 Å². The molecular weight excluding hydrogens is 281 g/mol. The summed E-state index contributed by atoms with van der Waals surface area (Å²) in [5, 5.41) is 5.17. The molecule has 0 saturated carbocycles. The third kappa shape index (κ3) is 7.00. The third-order valence-electron chi connectivity index (χ3n) is 2.28. The first kappa shape index (κ1) is 15.7. The number of hydrogen-bond acceptors (Lipinski definition) is 5. The molecule has 1 N–H and O–H groups in total. The SMILES string of the molecule is COC(=O)CCc1csc(NCCCC(F)(F)F)n1. The van der Waals surface area contributed by atoms with Gasteiger partial charge >= 0.3 is 12.1 Å². The van der Waals surface area contributed by atoms with E-state index < -0.39 is 12.6 Å². The Kier molecular flexibility index (Phi) is 6.07. The zero-order valence-electron chi connectivity index (χ0n) is 10.4. The number of anilines is 1. The van der Waals surface area contributed by atoms with Crippen molar-refractivity contribution in [3.8, 4) is 0 Å². The Bertz CT molecular complexity index is 407. The van der Waals surface area contributed by atoms with E-state index in [1.165, 1.54) is 18.4 Å². The summed E-state index contributed by atoms with van der Waals surface area (Å²) in [4.78, 5) is 15.1. The predicted molar refractivity (Wildman–Crippen MR) is 66.2 cm³/mol. The van der Waals surface area contributed by atoms with Gasteiger partial charge in [-0.25, -0.2) is 4.98 Å².